The maximum absolute atomic E-state index is 13.1. The zero-order chi connectivity index (χ0) is 72.3. The molecule has 0 rings (SSSR count). The number of unbranched alkanes of at least 4 members (excludes halogenated alkanes) is 44. The van der Waals surface area contributed by atoms with Gasteiger partial charge in [0.15, 0.2) is 12.2 Å². The van der Waals surface area contributed by atoms with Crippen molar-refractivity contribution in [3.63, 3.8) is 0 Å². The number of esters is 4. The molecule has 6 atom stereocenters. The van der Waals surface area contributed by atoms with Gasteiger partial charge in [-0.2, -0.15) is 0 Å². The van der Waals surface area contributed by atoms with E-state index in [4.69, 9.17) is 37.0 Å². The first-order valence-corrected chi connectivity index (χ1v) is 43.9. The third-order valence-electron chi connectivity index (χ3n) is 18.7. The molecule has 0 amide bonds. The molecule has 98 heavy (non-hydrogen) atoms. The number of ether oxygens (including phenoxy) is 4. The predicted molar refractivity (Wildman–Crippen MR) is 400 cm³/mol. The molecule has 3 N–H and O–H groups in total. The molecule has 0 aliphatic carbocycles. The van der Waals surface area contributed by atoms with Crippen molar-refractivity contribution in [3.8, 4) is 0 Å². The first-order valence-electron chi connectivity index (χ1n) is 40.9. The molecule has 0 heterocycles. The van der Waals surface area contributed by atoms with Crippen molar-refractivity contribution in [1.29, 1.82) is 0 Å². The molecule has 0 aliphatic rings. The summed E-state index contributed by atoms with van der Waals surface area (Å²) in [6.07, 6.45) is 56.8. The Morgan fingerprint density at radius 1 is 0.296 bits per heavy atom. The van der Waals surface area contributed by atoms with Crippen molar-refractivity contribution >= 4 is 39.5 Å². The van der Waals surface area contributed by atoms with E-state index in [0.29, 0.717) is 25.7 Å². The first-order chi connectivity index (χ1) is 47.3. The fraction of sp³-hybridized carbons (Fsp3) is 0.949. The minimum Gasteiger partial charge on any atom is -0.462 e. The smallest absolute Gasteiger partial charge is 0.462 e. The van der Waals surface area contributed by atoms with Crippen molar-refractivity contribution < 1.29 is 80.2 Å². The molecule has 0 aromatic heterocycles. The van der Waals surface area contributed by atoms with Crippen LogP contribution in [0.25, 0.3) is 0 Å². The van der Waals surface area contributed by atoms with Crippen LogP contribution in [0.2, 0.25) is 0 Å². The van der Waals surface area contributed by atoms with Crippen LogP contribution in [0.4, 0.5) is 0 Å². The standard InChI is InChI=1S/C79H154O17P2/c1-8-10-11-12-13-14-24-31-39-46-53-60-76(81)89-67-75(96-79(84)63-56-49-42-35-34-37-44-51-58-71(5)6)69-94-98(87,88)92-65-73(80)64-91-97(85,86)93-68-74(95-78(83)62-55-48-41-33-28-23-17-15-16-20-25-29-36-43-50-57-70(3)4)66-90-77(82)61-54-47-40-32-27-22-19-18-21-26-30-38-45-52-59-72(7)9-2/h70-75,80H,8-69H2,1-7H3,(H,85,86)(H,87,88)/t72?,73-,74-,75-/m1/s1. The van der Waals surface area contributed by atoms with Crippen LogP contribution >= 0.6 is 15.6 Å². The second-order valence-corrected chi connectivity index (χ2v) is 32.6. The van der Waals surface area contributed by atoms with Crippen LogP contribution < -0.4 is 0 Å². The van der Waals surface area contributed by atoms with E-state index in [0.717, 1.165) is 108 Å². The molecule has 582 valence electrons. The number of carbonyl (C=O) groups is 4. The SMILES string of the molecule is CCCCCCCCCCCCCC(=O)OC[C@H](COP(=O)(O)OC[C@H](O)COP(=O)(O)OC[C@@H](COC(=O)CCCCCCCCCCCCCCCCC(C)CC)OC(=O)CCCCCCCCCCCCCCCCCC(C)C)OC(=O)CCCCCCCCCCC(C)C. The van der Waals surface area contributed by atoms with Crippen LogP contribution in [0.3, 0.4) is 0 Å². The average Bonchev–Trinajstić information content (AvgIpc) is 1.05. The molecule has 0 radical (unpaired) electrons. The van der Waals surface area contributed by atoms with Crippen LogP contribution in [-0.4, -0.2) is 96.7 Å². The average molecular weight is 1440 g/mol. The van der Waals surface area contributed by atoms with Crippen LogP contribution in [0.5, 0.6) is 0 Å². The van der Waals surface area contributed by atoms with Gasteiger partial charge in [0, 0.05) is 25.7 Å². The zero-order valence-corrected chi connectivity index (χ0v) is 66.0. The van der Waals surface area contributed by atoms with E-state index in [2.05, 4.69) is 48.5 Å². The number of phosphoric acid groups is 2. The molecule has 0 aliphatic heterocycles. The highest BCUT2D eigenvalue weighted by Gasteiger charge is 2.30. The molecular formula is C79H154O17P2. The largest absolute Gasteiger partial charge is 0.472 e. The van der Waals surface area contributed by atoms with Crippen LogP contribution in [-0.2, 0) is 65.4 Å². The quantitative estimate of drug-likeness (QED) is 0.0222. The number of hydrogen-bond acceptors (Lipinski definition) is 15. The molecule has 0 saturated carbocycles. The third kappa shape index (κ3) is 71.1. The van der Waals surface area contributed by atoms with Crippen molar-refractivity contribution in [2.24, 2.45) is 17.8 Å². The van der Waals surface area contributed by atoms with Crippen molar-refractivity contribution in [2.45, 2.75) is 426 Å². The lowest BCUT2D eigenvalue weighted by molar-refractivity contribution is -0.161. The molecule has 17 nitrogen and oxygen atoms in total. The lowest BCUT2D eigenvalue weighted by Gasteiger charge is -2.21. The summed E-state index contributed by atoms with van der Waals surface area (Å²) in [6.45, 7) is 12.0. The van der Waals surface area contributed by atoms with Crippen molar-refractivity contribution in [2.75, 3.05) is 39.6 Å². The van der Waals surface area contributed by atoms with Crippen molar-refractivity contribution in [1.82, 2.24) is 0 Å². The molecule has 0 bridgehead atoms. The van der Waals surface area contributed by atoms with Gasteiger partial charge in [-0.05, 0) is 43.4 Å². The lowest BCUT2D eigenvalue weighted by Crippen LogP contribution is -2.30. The van der Waals surface area contributed by atoms with Gasteiger partial charge in [-0.3, -0.25) is 37.3 Å². The van der Waals surface area contributed by atoms with E-state index < -0.39 is 97.5 Å². The van der Waals surface area contributed by atoms with E-state index in [1.54, 1.807) is 0 Å². The fourth-order valence-electron chi connectivity index (χ4n) is 12.1. The minimum atomic E-state index is -4.96. The monoisotopic (exact) mass is 1440 g/mol. The Bertz CT molecular complexity index is 1910. The number of phosphoric ester groups is 2. The van der Waals surface area contributed by atoms with Gasteiger partial charge in [0.2, 0.25) is 0 Å². The Morgan fingerprint density at radius 2 is 0.520 bits per heavy atom. The van der Waals surface area contributed by atoms with Gasteiger partial charge >= 0.3 is 39.5 Å². The van der Waals surface area contributed by atoms with Crippen LogP contribution in [0.1, 0.15) is 408 Å². The normalized spacial score (nSPS) is 14.3. The van der Waals surface area contributed by atoms with E-state index in [9.17, 15) is 43.2 Å². The number of carbonyl (C=O) groups excluding carboxylic acids is 4. The Labute approximate surface area is 600 Å². The Kier molecular flexibility index (Phi) is 68.1. The zero-order valence-electron chi connectivity index (χ0n) is 64.3. The van der Waals surface area contributed by atoms with Gasteiger partial charge in [-0.25, -0.2) is 9.13 Å². The third-order valence-corrected chi connectivity index (χ3v) is 20.6. The Balaban J connectivity index is 5.24. The Hall–Kier alpha value is -1.94. The molecule has 0 saturated heterocycles. The number of aliphatic hydroxyl groups is 1. The molecule has 3 unspecified atom stereocenters. The molecule has 19 heteroatoms. The molecular weight excluding hydrogens is 1280 g/mol. The fourth-order valence-corrected chi connectivity index (χ4v) is 13.7. The van der Waals surface area contributed by atoms with E-state index in [1.165, 1.54) is 218 Å². The molecule has 0 aromatic carbocycles. The summed E-state index contributed by atoms with van der Waals surface area (Å²) in [7, 11) is -9.92. The molecule has 0 fully saturated rings. The summed E-state index contributed by atoms with van der Waals surface area (Å²) < 4.78 is 68.6. The number of rotatable bonds is 77. The van der Waals surface area contributed by atoms with Gasteiger partial charge in [0.25, 0.3) is 0 Å². The minimum absolute atomic E-state index is 0.105. The highest BCUT2D eigenvalue weighted by atomic mass is 31.2. The van der Waals surface area contributed by atoms with Gasteiger partial charge in [0.05, 0.1) is 26.4 Å². The van der Waals surface area contributed by atoms with E-state index >= 15 is 0 Å². The summed E-state index contributed by atoms with van der Waals surface area (Å²) in [5, 5.41) is 10.6. The topological polar surface area (TPSA) is 237 Å². The maximum Gasteiger partial charge on any atom is 0.472 e. The van der Waals surface area contributed by atoms with Gasteiger partial charge in [-0.15, -0.1) is 0 Å². The number of hydrogen-bond donors (Lipinski definition) is 3. The summed E-state index contributed by atoms with van der Waals surface area (Å²) in [6, 6.07) is 0. The summed E-state index contributed by atoms with van der Waals surface area (Å²) in [4.78, 5) is 72.9. The van der Waals surface area contributed by atoms with Gasteiger partial charge in [0.1, 0.15) is 19.3 Å². The van der Waals surface area contributed by atoms with E-state index in [1.807, 2.05) is 0 Å². The van der Waals surface area contributed by atoms with Crippen LogP contribution in [0.15, 0.2) is 0 Å². The Morgan fingerprint density at radius 3 is 0.776 bits per heavy atom. The summed E-state index contributed by atoms with van der Waals surface area (Å²) >= 11 is 0. The lowest BCUT2D eigenvalue weighted by atomic mass is 9.99. The molecule has 0 spiro atoms. The van der Waals surface area contributed by atoms with E-state index in [-0.39, 0.29) is 25.7 Å². The van der Waals surface area contributed by atoms with Crippen LogP contribution in [0, 0.1) is 17.8 Å². The van der Waals surface area contributed by atoms with Gasteiger partial charge < -0.3 is 33.8 Å². The second kappa shape index (κ2) is 69.4. The van der Waals surface area contributed by atoms with Crippen molar-refractivity contribution in [3.05, 3.63) is 0 Å². The first kappa shape index (κ1) is 96.1. The summed E-state index contributed by atoms with van der Waals surface area (Å²) in [5.41, 5.74) is 0. The second-order valence-electron chi connectivity index (χ2n) is 29.6. The highest BCUT2D eigenvalue weighted by Crippen LogP contribution is 2.45. The highest BCUT2D eigenvalue weighted by molar-refractivity contribution is 7.47. The predicted octanol–water partition coefficient (Wildman–Crippen LogP) is 23.4. The maximum atomic E-state index is 13.1. The number of aliphatic hydroxyl groups excluding tert-OH is 1. The van der Waals surface area contributed by atoms with Gasteiger partial charge in [-0.1, -0.05) is 357 Å². The molecule has 0 aromatic rings. The summed E-state index contributed by atoms with van der Waals surface area (Å²) in [5.74, 6) is 0.257.